The summed E-state index contributed by atoms with van der Waals surface area (Å²) < 4.78 is 0. The Hall–Kier alpha value is -1.84. The summed E-state index contributed by atoms with van der Waals surface area (Å²) in [5.41, 5.74) is 1.71. The second-order valence-electron chi connectivity index (χ2n) is 4.92. The number of hydrogen-bond donors (Lipinski definition) is 2. The second-order valence-corrected chi connectivity index (χ2v) is 4.92. The van der Waals surface area contributed by atoms with Gasteiger partial charge in [0, 0.05) is 11.6 Å². The van der Waals surface area contributed by atoms with Crippen LogP contribution in [0.5, 0.6) is 0 Å². The lowest BCUT2D eigenvalue weighted by Gasteiger charge is -2.12. The Kier molecular flexibility index (Phi) is 5.55. The Balaban J connectivity index is 2.66. The molecule has 0 radical (unpaired) electrons. The molecule has 0 bridgehead atoms. The van der Waals surface area contributed by atoms with Crippen molar-refractivity contribution in [2.24, 2.45) is 5.92 Å². The molecule has 2 atom stereocenters. The molecular weight excluding hydrogens is 242 g/mol. The zero-order chi connectivity index (χ0) is 14.4. The van der Waals surface area contributed by atoms with Crippen LogP contribution in [0.15, 0.2) is 24.3 Å². The summed E-state index contributed by atoms with van der Waals surface area (Å²) in [7, 11) is 0. The highest BCUT2D eigenvalue weighted by molar-refractivity contribution is 5.92. The molecule has 0 heterocycles. The van der Waals surface area contributed by atoms with Gasteiger partial charge in [0.05, 0.1) is 6.42 Å². The van der Waals surface area contributed by atoms with Crippen LogP contribution in [0, 0.1) is 5.92 Å². The number of carbonyl (C=O) groups is 2. The maximum absolute atomic E-state index is 11.7. The summed E-state index contributed by atoms with van der Waals surface area (Å²) in [5, 5.41) is 11.6. The smallest absolute Gasteiger partial charge is 0.303 e. The molecular formula is C15H21NO3. The van der Waals surface area contributed by atoms with Crippen molar-refractivity contribution in [1.82, 2.24) is 0 Å². The standard InChI is InChI=1S/C15H21NO3/c1-4-10(2)15(19)16-13-7-5-12(6-8-13)11(3)9-14(17)18/h5-8,10-11H,4,9H2,1-3H3,(H,16,19)(H,17,18). The summed E-state index contributed by atoms with van der Waals surface area (Å²) in [6, 6.07) is 7.35. The number of hydrogen-bond acceptors (Lipinski definition) is 2. The topological polar surface area (TPSA) is 66.4 Å². The molecule has 4 heteroatoms. The first kappa shape index (κ1) is 15.2. The van der Waals surface area contributed by atoms with E-state index in [1.54, 1.807) is 0 Å². The lowest BCUT2D eigenvalue weighted by Crippen LogP contribution is -2.19. The van der Waals surface area contributed by atoms with Crippen molar-refractivity contribution in [3.63, 3.8) is 0 Å². The summed E-state index contributed by atoms with van der Waals surface area (Å²) in [4.78, 5) is 22.4. The second kappa shape index (κ2) is 6.92. The molecule has 4 nitrogen and oxygen atoms in total. The van der Waals surface area contributed by atoms with E-state index in [1.807, 2.05) is 45.0 Å². The van der Waals surface area contributed by atoms with Crippen molar-refractivity contribution >= 4 is 17.6 Å². The highest BCUT2D eigenvalue weighted by Crippen LogP contribution is 2.21. The molecule has 0 aliphatic heterocycles. The van der Waals surface area contributed by atoms with Crippen LogP contribution >= 0.6 is 0 Å². The van der Waals surface area contributed by atoms with Gasteiger partial charge in [0.1, 0.15) is 0 Å². The largest absolute Gasteiger partial charge is 0.481 e. The number of carboxylic acids is 1. The van der Waals surface area contributed by atoms with E-state index in [1.165, 1.54) is 0 Å². The molecule has 0 aliphatic carbocycles. The molecule has 104 valence electrons. The number of amides is 1. The van der Waals surface area contributed by atoms with E-state index in [-0.39, 0.29) is 24.2 Å². The third-order valence-electron chi connectivity index (χ3n) is 3.29. The third-order valence-corrected chi connectivity index (χ3v) is 3.29. The van der Waals surface area contributed by atoms with Crippen LogP contribution in [-0.4, -0.2) is 17.0 Å². The Bertz CT molecular complexity index is 439. The van der Waals surface area contributed by atoms with Crippen LogP contribution in [0.25, 0.3) is 0 Å². The van der Waals surface area contributed by atoms with Crippen molar-refractivity contribution in [3.8, 4) is 0 Å². The van der Waals surface area contributed by atoms with Gasteiger partial charge in [-0.2, -0.15) is 0 Å². The van der Waals surface area contributed by atoms with Gasteiger partial charge in [-0.25, -0.2) is 0 Å². The average molecular weight is 263 g/mol. The molecule has 19 heavy (non-hydrogen) atoms. The maximum atomic E-state index is 11.7. The zero-order valence-corrected chi connectivity index (χ0v) is 11.6. The number of benzene rings is 1. The Morgan fingerprint density at radius 2 is 1.79 bits per heavy atom. The molecule has 0 fully saturated rings. The van der Waals surface area contributed by atoms with E-state index >= 15 is 0 Å². The predicted molar refractivity (Wildman–Crippen MR) is 75.2 cm³/mol. The fourth-order valence-electron chi connectivity index (χ4n) is 1.73. The molecule has 1 rings (SSSR count). The van der Waals surface area contributed by atoms with Gasteiger partial charge in [0.15, 0.2) is 0 Å². The van der Waals surface area contributed by atoms with Crippen LogP contribution in [0.3, 0.4) is 0 Å². The highest BCUT2D eigenvalue weighted by Gasteiger charge is 2.12. The minimum Gasteiger partial charge on any atom is -0.481 e. The minimum atomic E-state index is -0.804. The number of nitrogens with one attached hydrogen (secondary N) is 1. The monoisotopic (exact) mass is 263 g/mol. The maximum Gasteiger partial charge on any atom is 0.303 e. The fourth-order valence-corrected chi connectivity index (χ4v) is 1.73. The summed E-state index contributed by atoms with van der Waals surface area (Å²) >= 11 is 0. The van der Waals surface area contributed by atoms with Gasteiger partial charge >= 0.3 is 5.97 Å². The summed E-state index contributed by atoms with van der Waals surface area (Å²) in [5.74, 6) is -0.835. The van der Waals surface area contributed by atoms with Gasteiger partial charge in [-0.1, -0.05) is 32.9 Å². The fraction of sp³-hybridized carbons (Fsp3) is 0.467. The minimum absolute atomic E-state index is 0.00818. The summed E-state index contributed by atoms with van der Waals surface area (Å²) in [6.45, 7) is 5.74. The lowest BCUT2D eigenvalue weighted by atomic mass is 9.97. The van der Waals surface area contributed by atoms with E-state index < -0.39 is 5.97 Å². The molecule has 2 unspecified atom stereocenters. The lowest BCUT2D eigenvalue weighted by molar-refractivity contribution is -0.137. The number of anilines is 1. The normalized spacial score (nSPS) is 13.6. The molecule has 0 spiro atoms. The number of rotatable bonds is 6. The highest BCUT2D eigenvalue weighted by atomic mass is 16.4. The first-order chi connectivity index (χ1) is 8.93. The molecule has 2 N–H and O–H groups in total. The Morgan fingerprint density at radius 1 is 1.21 bits per heavy atom. The first-order valence-corrected chi connectivity index (χ1v) is 6.56. The van der Waals surface area contributed by atoms with E-state index in [4.69, 9.17) is 5.11 Å². The van der Waals surface area contributed by atoms with Crippen LogP contribution in [0.2, 0.25) is 0 Å². The number of carboxylic acid groups (broad SMARTS) is 1. The molecule has 0 aliphatic rings. The Morgan fingerprint density at radius 3 is 2.26 bits per heavy atom. The van der Waals surface area contributed by atoms with E-state index in [2.05, 4.69) is 5.32 Å². The molecule has 0 saturated carbocycles. The molecule has 0 saturated heterocycles. The third kappa shape index (κ3) is 4.73. The van der Waals surface area contributed by atoms with E-state index in [9.17, 15) is 9.59 Å². The Labute approximate surface area is 113 Å². The quantitative estimate of drug-likeness (QED) is 0.828. The molecule has 0 aromatic heterocycles. The predicted octanol–water partition coefficient (Wildman–Crippen LogP) is 3.25. The van der Waals surface area contributed by atoms with Gasteiger partial charge < -0.3 is 10.4 Å². The molecule has 1 amide bonds. The number of carbonyl (C=O) groups excluding carboxylic acids is 1. The summed E-state index contributed by atoms with van der Waals surface area (Å²) in [6.07, 6.45) is 0.915. The average Bonchev–Trinajstić information content (AvgIpc) is 2.37. The van der Waals surface area contributed by atoms with Gasteiger partial charge in [-0.05, 0) is 30.0 Å². The first-order valence-electron chi connectivity index (χ1n) is 6.56. The van der Waals surface area contributed by atoms with E-state index in [0.717, 1.165) is 17.7 Å². The SMILES string of the molecule is CCC(C)C(=O)Nc1ccc(C(C)CC(=O)O)cc1. The van der Waals surface area contributed by atoms with Crippen molar-refractivity contribution in [3.05, 3.63) is 29.8 Å². The van der Waals surface area contributed by atoms with Crippen molar-refractivity contribution in [1.29, 1.82) is 0 Å². The van der Waals surface area contributed by atoms with Gasteiger partial charge in [-0.15, -0.1) is 0 Å². The zero-order valence-electron chi connectivity index (χ0n) is 11.6. The number of aliphatic carboxylic acids is 1. The molecule has 1 aromatic carbocycles. The van der Waals surface area contributed by atoms with Gasteiger partial charge in [-0.3, -0.25) is 9.59 Å². The van der Waals surface area contributed by atoms with Crippen LogP contribution in [-0.2, 0) is 9.59 Å². The molecule has 1 aromatic rings. The van der Waals surface area contributed by atoms with Gasteiger partial charge in [0.2, 0.25) is 5.91 Å². The van der Waals surface area contributed by atoms with Crippen molar-refractivity contribution in [2.75, 3.05) is 5.32 Å². The van der Waals surface area contributed by atoms with E-state index in [0.29, 0.717) is 0 Å². The van der Waals surface area contributed by atoms with Crippen molar-refractivity contribution in [2.45, 2.75) is 39.5 Å². The van der Waals surface area contributed by atoms with Crippen LogP contribution in [0.4, 0.5) is 5.69 Å². The van der Waals surface area contributed by atoms with Crippen LogP contribution < -0.4 is 5.32 Å². The van der Waals surface area contributed by atoms with Crippen LogP contribution in [0.1, 0.15) is 45.1 Å². The van der Waals surface area contributed by atoms with Gasteiger partial charge in [0.25, 0.3) is 0 Å². The van der Waals surface area contributed by atoms with Crippen molar-refractivity contribution < 1.29 is 14.7 Å².